The molecule has 1 amide bonds. The third-order valence-electron chi connectivity index (χ3n) is 3.00. The van der Waals surface area contributed by atoms with Gasteiger partial charge in [-0.15, -0.1) is 11.3 Å². The molecule has 1 saturated heterocycles. The monoisotopic (exact) mass is 238 g/mol. The Morgan fingerprint density at radius 1 is 1.62 bits per heavy atom. The van der Waals surface area contributed by atoms with Crippen LogP contribution < -0.4 is 10.6 Å². The molecule has 0 bridgehead atoms. The molecule has 0 aromatic carbocycles. The van der Waals surface area contributed by atoms with Crippen LogP contribution in [-0.2, 0) is 11.3 Å². The highest BCUT2D eigenvalue weighted by Crippen LogP contribution is 2.16. The lowest BCUT2D eigenvalue weighted by Crippen LogP contribution is -2.32. The maximum absolute atomic E-state index is 11.4. The standard InChI is InChI=1S/C12H18N2OS/c1-9-4-6-16-11(9)8-14-10-3-2-5-13-12(15)7-10/h4,6,10,14H,2-3,5,7-8H2,1H3,(H,13,15). The summed E-state index contributed by atoms with van der Waals surface area (Å²) in [5.74, 6) is 0.179. The Kier molecular flexibility index (Phi) is 3.96. The van der Waals surface area contributed by atoms with E-state index >= 15 is 0 Å². The first-order valence-corrected chi connectivity index (χ1v) is 6.66. The van der Waals surface area contributed by atoms with Gasteiger partial charge >= 0.3 is 0 Å². The molecule has 0 radical (unpaired) electrons. The van der Waals surface area contributed by atoms with Crippen LogP contribution in [0.3, 0.4) is 0 Å². The summed E-state index contributed by atoms with van der Waals surface area (Å²) >= 11 is 1.78. The number of carbonyl (C=O) groups excluding carboxylic acids is 1. The summed E-state index contributed by atoms with van der Waals surface area (Å²) in [4.78, 5) is 12.8. The minimum atomic E-state index is 0.179. The summed E-state index contributed by atoms with van der Waals surface area (Å²) in [5.41, 5.74) is 1.34. The van der Waals surface area contributed by atoms with Crippen LogP contribution in [0.15, 0.2) is 11.4 Å². The third-order valence-corrected chi connectivity index (χ3v) is 4.03. The lowest BCUT2D eigenvalue weighted by atomic mass is 10.1. The van der Waals surface area contributed by atoms with Crippen LogP contribution in [0, 0.1) is 6.92 Å². The molecule has 2 heterocycles. The molecular formula is C12H18N2OS. The molecule has 4 heteroatoms. The van der Waals surface area contributed by atoms with Crippen molar-refractivity contribution < 1.29 is 4.79 Å². The number of nitrogens with one attached hydrogen (secondary N) is 2. The molecule has 1 fully saturated rings. The SMILES string of the molecule is Cc1ccsc1CNC1CCCNC(=O)C1. The second kappa shape index (κ2) is 5.46. The number of amides is 1. The number of carbonyl (C=O) groups is 1. The Bertz CT molecular complexity index is 362. The van der Waals surface area contributed by atoms with Crippen LogP contribution in [-0.4, -0.2) is 18.5 Å². The molecule has 1 atom stereocenters. The van der Waals surface area contributed by atoms with Crippen molar-refractivity contribution in [3.05, 3.63) is 21.9 Å². The highest BCUT2D eigenvalue weighted by Gasteiger charge is 2.16. The maximum Gasteiger partial charge on any atom is 0.221 e. The van der Waals surface area contributed by atoms with Crippen molar-refractivity contribution in [2.75, 3.05) is 6.54 Å². The Morgan fingerprint density at radius 3 is 3.25 bits per heavy atom. The van der Waals surface area contributed by atoms with Crippen LogP contribution in [0.5, 0.6) is 0 Å². The highest BCUT2D eigenvalue weighted by atomic mass is 32.1. The van der Waals surface area contributed by atoms with E-state index in [1.807, 2.05) is 0 Å². The summed E-state index contributed by atoms with van der Waals surface area (Å²) in [6.45, 7) is 3.85. The van der Waals surface area contributed by atoms with Gasteiger partial charge in [0, 0.05) is 30.4 Å². The normalized spacial score (nSPS) is 21.6. The molecule has 88 valence electrons. The van der Waals surface area contributed by atoms with Gasteiger partial charge in [-0.05, 0) is 36.8 Å². The van der Waals surface area contributed by atoms with Crippen LogP contribution in [0.25, 0.3) is 0 Å². The number of rotatable bonds is 3. The van der Waals surface area contributed by atoms with Crippen LogP contribution in [0.2, 0.25) is 0 Å². The van der Waals surface area contributed by atoms with Crippen molar-refractivity contribution in [2.24, 2.45) is 0 Å². The molecular weight excluding hydrogens is 220 g/mol. The molecule has 2 rings (SSSR count). The average Bonchev–Trinajstić information content (AvgIpc) is 2.54. The Hall–Kier alpha value is -0.870. The van der Waals surface area contributed by atoms with Crippen LogP contribution >= 0.6 is 11.3 Å². The van der Waals surface area contributed by atoms with Gasteiger partial charge in [0.15, 0.2) is 0 Å². The molecule has 1 aliphatic rings. The van der Waals surface area contributed by atoms with E-state index in [0.717, 1.165) is 25.9 Å². The van der Waals surface area contributed by atoms with Gasteiger partial charge in [0.05, 0.1) is 0 Å². The topological polar surface area (TPSA) is 41.1 Å². The predicted molar refractivity (Wildman–Crippen MR) is 66.5 cm³/mol. The molecule has 1 unspecified atom stereocenters. The second-order valence-corrected chi connectivity index (χ2v) is 5.30. The van der Waals surface area contributed by atoms with Crippen molar-refractivity contribution in [3.8, 4) is 0 Å². The first kappa shape index (κ1) is 11.6. The summed E-state index contributed by atoms with van der Waals surface area (Å²) in [6, 6.07) is 2.48. The first-order valence-electron chi connectivity index (χ1n) is 5.79. The van der Waals surface area contributed by atoms with E-state index in [9.17, 15) is 4.79 Å². The zero-order valence-corrected chi connectivity index (χ0v) is 10.4. The molecule has 1 aliphatic heterocycles. The molecule has 2 N–H and O–H groups in total. The van der Waals surface area contributed by atoms with Gasteiger partial charge < -0.3 is 10.6 Å². The van der Waals surface area contributed by atoms with Crippen molar-refractivity contribution in [1.82, 2.24) is 10.6 Å². The van der Waals surface area contributed by atoms with E-state index in [-0.39, 0.29) is 5.91 Å². The Balaban J connectivity index is 1.85. The fourth-order valence-corrected chi connectivity index (χ4v) is 2.83. The van der Waals surface area contributed by atoms with Crippen molar-refractivity contribution in [3.63, 3.8) is 0 Å². The maximum atomic E-state index is 11.4. The molecule has 0 saturated carbocycles. The van der Waals surface area contributed by atoms with Gasteiger partial charge in [-0.25, -0.2) is 0 Å². The Labute approximate surface area is 100 Å². The lowest BCUT2D eigenvalue weighted by Gasteiger charge is -2.14. The largest absolute Gasteiger partial charge is 0.356 e. The van der Waals surface area contributed by atoms with Crippen molar-refractivity contribution in [2.45, 2.75) is 38.8 Å². The summed E-state index contributed by atoms with van der Waals surface area (Å²) in [5, 5.41) is 8.50. The smallest absolute Gasteiger partial charge is 0.221 e. The number of hydrogen-bond donors (Lipinski definition) is 2. The fraction of sp³-hybridized carbons (Fsp3) is 0.583. The molecule has 1 aromatic rings. The number of aryl methyl sites for hydroxylation is 1. The molecule has 3 nitrogen and oxygen atoms in total. The van der Waals surface area contributed by atoms with E-state index in [0.29, 0.717) is 12.5 Å². The number of hydrogen-bond acceptors (Lipinski definition) is 3. The number of thiophene rings is 1. The third kappa shape index (κ3) is 3.06. The van der Waals surface area contributed by atoms with Crippen molar-refractivity contribution in [1.29, 1.82) is 0 Å². The van der Waals surface area contributed by atoms with Gasteiger partial charge in [0.1, 0.15) is 0 Å². The van der Waals surface area contributed by atoms with E-state index in [1.54, 1.807) is 11.3 Å². The zero-order valence-electron chi connectivity index (χ0n) is 9.58. The van der Waals surface area contributed by atoms with Gasteiger partial charge in [0.25, 0.3) is 0 Å². The van der Waals surface area contributed by atoms with Crippen LogP contribution in [0.1, 0.15) is 29.7 Å². The minimum absolute atomic E-state index is 0.179. The Morgan fingerprint density at radius 2 is 2.50 bits per heavy atom. The molecule has 0 spiro atoms. The molecule has 0 aliphatic carbocycles. The zero-order chi connectivity index (χ0) is 11.4. The van der Waals surface area contributed by atoms with E-state index in [2.05, 4.69) is 29.0 Å². The van der Waals surface area contributed by atoms with Crippen molar-refractivity contribution >= 4 is 17.2 Å². The second-order valence-electron chi connectivity index (χ2n) is 4.30. The molecule has 16 heavy (non-hydrogen) atoms. The quantitative estimate of drug-likeness (QED) is 0.843. The van der Waals surface area contributed by atoms with Gasteiger partial charge in [-0.2, -0.15) is 0 Å². The van der Waals surface area contributed by atoms with E-state index < -0.39 is 0 Å². The summed E-state index contributed by atoms with van der Waals surface area (Å²) in [6.07, 6.45) is 2.78. The first-order chi connectivity index (χ1) is 7.75. The van der Waals surface area contributed by atoms with Gasteiger partial charge in [0.2, 0.25) is 5.91 Å². The summed E-state index contributed by atoms with van der Waals surface area (Å²) in [7, 11) is 0. The fourth-order valence-electron chi connectivity index (χ4n) is 1.97. The minimum Gasteiger partial charge on any atom is -0.356 e. The predicted octanol–water partition coefficient (Wildman–Crippen LogP) is 1.81. The van der Waals surface area contributed by atoms with Gasteiger partial charge in [-0.3, -0.25) is 4.79 Å². The molecule has 1 aromatic heterocycles. The highest BCUT2D eigenvalue weighted by molar-refractivity contribution is 7.10. The van der Waals surface area contributed by atoms with Gasteiger partial charge in [-0.1, -0.05) is 0 Å². The summed E-state index contributed by atoms with van der Waals surface area (Å²) < 4.78 is 0. The van der Waals surface area contributed by atoms with E-state index in [4.69, 9.17) is 0 Å². The van der Waals surface area contributed by atoms with Crippen LogP contribution in [0.4, 0.5) is 0 Å². The van der Waals surface area contributed by atoms with E-state index in [1.165, 1.54) is 10.4 Å². The average molecular weight is 238 g/mol. The lowest BCUT2D eigenvalue weighted by molar-refractivity contribution is -0.121.